The van der Waals surface area contributed by atoms with Crippen molar-refractivity contribution < 1.29 is 9.53 Å². The van der Waals surface area contributed by atoms with E-state index in [0.29, 0.717) is 36.4 Å². The zero-order valence-corrected chi connectivity index (χ0v) is 17.7. The fraction of sp³-hybridized carbons (Fsp3) is 0.360. The van der Waals surface area contributed by atoms with Gasteiger partial charge in [-0.3, -0.25) is 9.48 Å². The van der Waals surface area contributed by atoms with Gasteiger partial charge in [-0.1, -0.05) is 74.5 Å². The number of likely N-dealkylation sites (tertiary alicyclic amines) is 1. The van der Waals surface area contributed by atoms with E-state index in [1.165, 1.54) is 0 Å². The molecule has 1 amide bonds. The molecule has 0 unspecified atom stereocenters. The predicted molar refractivity (Wildman–Crippen MR) is 117 cm³/mol. The van der Waals surface area contributed by atoms with Gasteiger partial charge in [0, 0.05) is 19.3 Å². The molecule has 5 heteroatoms. The van der Waals surface area contributed by atoms with E-state index in [1.807, 2.05) is 59.6 Å². The zero-order chi connectivity index (χ0) is 20.9. The second kappa shape index (κ2) is 9.16. The van der Waals surface area contributed by atoms with E-state index in [1.54, 1.807) is 4.68 Å². The van der Waals surface area contributed by atoms with Crippen molar-refractivity contribution in [1.29, 1.82) is 0 Å². The number of carbonyl (C=O) groups is 1. The molecule has 1 fully saturated rings. The summed E-state index contributed by atoms with van der Waals surface area (Å²) in [5.41, 5.74) is 2.73. The van der Waals surface area contributed by atoms with Crippen LogP contribution in [0.15, 0.2) is 66.9 Å². The van der Waals surface area contributed by atoms with Gasteiger partial charge in [0.2, 0.25) is 5.88 Å². The average molecular weight is 404 g/mol. The van der Waals surface area contributed by atoms with Crippen molar-refractivity contribution in [3.63, 3.8) is 0 Å². The van der Waals surface area contributed by atoms with Crippen LogP contribution in [0, 0.1) is 11.8 Å². The summed E-state index contributed by atoms with van der Waals surface area (Å²) in [5, 5.41) is 4.62. The van der Waals surface area contributed by atoms with Gasteiger partial charge in [-0.05, 0) is 29.4 Å². The number of amides is 1. The Balaban J connectivity index is 1.58. The Kier molecular flexibility index (Phi) is 6.17. The van der Waals surface area contributed by atoms with Crippen LogP contribution in [0.4, 0.5) is 0 Å². The number of hydrogen-bond acceptors (Lipinski definition) is 3. The lowest BCUT2D eigenvalue weighted by Crippen LogP contribution is -2.42. The molecule has 1 aliphatic rings. The maximum Gasteiger partial charge on any atom is 0.260 e. The van der Waals surface area contributed by atoms with Gasteiger partial charge in [-0.25, -0.2) is 0 Å². The number of nitrogens with zero attached hydrogens (tertiary/aromatic N) is 3. The summed E-state index contributed by atoms with van der Waals surface area (Å²) < 4.78 is 7.83. The molecule has 2 aromatic carbocycles. The Hall–Kier alpha value is -3.08. The van der Waals surface area contributed by atoms with Crippen molar-refractivity contribution in [1.82, 2.24) is 14.7 Å². The first-order chi connectivity index (χ1) is 14.6. The molecule has 0 spiro atoms. The lowest BCUT2D eigenvalue weighted by molar-refractivity contribution is 0.0618. The number of hydrogen-bond donors (Lipinski definition) is 0. The van der Waals surface area contributed by atoms with E-state index in [2.05, 4.69) is 31.1 Å². The van der Waals surface area contributed by atoms with Gasteiger partial charge in [-0.15, -0.1) is 5.10 Å². The summed E-state index contributed by atoms with van der Waals surface area (Å²) in [7, 11) is 0. The van der Waals surface area contributed by atoms with Crippen LogP contribution in [-0.4, -0.2) is 33.7 Å². The largest absolute Gasteiger partial charge is 0.471 e. The van der Waals surface area contributed by atoms with E-state index < -0.39 is 0 Å². The Labute approximate surface area is 178 Å². The molecule has 1 aliphatic heterocycles. The highest BCUT2D eigenvalue weighted by molar-refractivity contribution is 5.96. The number of benzene rings is 2. The van der Waals surface area contributed by atoms with E-state index in [-0.39, 0.29) is 5.91 Å². The SMILES string of the molecule is C[C@@H]1C[C@H](C)CN(C(=O)c2cn(Cc3ccccc3)nc2OCc2ccccc2)C1. The molecule has 156 valence electrons. The molecule has 30 heavy (non-hydrogen) atoms. The van der Waals surface area contributed by atoms with E-state index in [4.69, 9.17) is 4.74 Å². The Bertz CT molecular complexity index is 959. The lowest BCUT2D eigenvalue weighted by atomic mass is 9.91. The van der Waals surface area contributed by atoms with Gasteiger partial charge in [0.1, 0.15) is 12.2 Å². The molecule has 3 aromatic rings. The fourth-order valence-electron chi connectivity index (χ4n) is 4.23. The molecular weight excluding hydrogens is 374 g/mol. The standard InChI is InChI=1S/C25H29N3O2/c1-19-13-20(2)15-27(14-19)25(29)23-17-28(16-21-9-5-3-6-10-21)26-24(23)30-18-22-11-7-4-8-12-22/h3-12,17,19-20H,13-16,18H2,1-2H3/t19-,20+. The van der Waals surface area contributed by atoms with Gasteiger partial charge >= 0.3 is 0 Å². The van der Waals surface area contributed by atoms with Crippen LogP contribution in [0.2, 0.25) is 0 Å². The molecule has 1 saturated heterocycles. The van der Waals surface area contributed by atoms with Crippen LogP contribution >= 0.6 is 0 Å². The summed E-state index contributed by atoms with van der Waals surface area (Å²) in [6.07, 6.45) is 2.99. The third-order valence-electron chi connectivity index (χ3n) is 5.52. The molecule has 1 aromatic heterocycles. The molecule has 2 atom stereocenters. The molecule has 2 heterocycles. The fourth-order valence-corrected chi connectivity index (χ4v) is 4.23. The molecule has 5 nitrogen and oxygen atoms in total. The molecule has 0 aliphatic carbocycles. The molecule has 4 rings (SSSR count). The van der Waals surface area contributed by atoms with Crippen LogP contribution in [0.25, 0.3) is 0 Å². The third-order valence-corrected chi connectivity index (χ3v) is 5.52. The first-order valence-corrected chi connectivity index (χ1v) is 10.7. The summed E-state index contributed by atoms with van der Waals surface area (Å²) in [4.78, 5) is 15.3. The van der Waals surface area contributed by atoms with Crippen LogP contribution in [0.3, 0.4) is 0 Å². The van der Waals surface area contributed by atoms with Crippen molar-refractivity contribution in [2.24, 2.45) is 11.8 Å². The number of carbonyl (C=O) groups excluding carboxylic acids is 1. The zero-order valence-electron chi connectivity index (χ0n) is 17.7. The van der Waals surface area contributed by atoms with E-state index >= 15 is 0 Å². The van der Waals surface area contributed by atoms with Crippen LogP contribution < -0.4 is 4.74 Å². The third kappa shape index (κ3) is 4.90. The number of piperidine rings is 1. The lowest BCUT2D eigenvalue weighted by Gasteiger charge is -2.34. The van der Waals surface area contributed by atoms with Crippen LogP contribution in [0.5, 0.6) is 5.88 Å². The summed E-state index contributed by atoms with van der Waals surface area (Å²) in [6.45, 7) is 6.97. The van der Waals surface area contributed by atoms with Gasteiger partial charge < -0.3 is 9.64 Å². The molecule has 0 N–H and O–H groups in total. The van der Waals surface area contributed by atoms with Crippen LogP contribution in [-0.2, 0) is 13.2 Å². The maximum atomic E-state index is 13.4. The normalized spacial score (nSPS) is 18.9. The maximum absolute atomic E-state index is 13.4. The summed E-state index contributed by atoms with van der Waals surface area (Å²) >= 11 is 0. The van der Waals surface area contributed by atoms with Gasteiger partial charge in [0.25, 0.3) is 5.91 Å². The van der Waals surface area contributed by atoms with Crippen molar-refractivity contribution in [3.05, 3.63) is 83.6 Å². The monoisotopic (exact) mass is 403 g/mol. The van der Waals surface area contributed by atoms with Gasteiger partial charge in [-0.2, -0.15) is 0 Å². The molecular formula is C25H29N3O2. The second-order valence-electron chi connectivity index (χ2n) is 8.46. The molecule has 0 bridgehead atoms. The summed E-state index contributed by atoms with van der Waals surface area (Å²) in [6, 6.07) is 20.1. The highest BCUT2D eigenvalue weighted by Crippen LogP contribution is 2.26. The summed E-state index contributed by atoms with van der Waals surface area (Å²) in [5.74, 6) is 1.43. The molecule has 0 saturated carbocycles. The average Bonchev–Trinajstić information content (AvgIpc) is 3.15. The Morgan fingerprint density at radius 3 is 2.20 bits per heavy atom. The topological polar surface area (TPSA) is 47.4 Å². The van der Waals surface area contributed by atoms with Gasteiger partial charge in [0.05, 0.1) is 6.54 Å². The first kappa shape index (κ1) is 20.2. The molecule has 0 radical (unpaired) electrons. The highest BCUT2D eigenvalue weighted by Gasteiger charge is 2.29. The van der Waals surface area contributed by atoms with Crippen molar-refractivity contribution in [2.75, 3.05) is 13.1 Å². The minimum absolute atomic E-state index is 0.00998. The number of rotatable bonds is 6. The van der Waals surface area contributed by atoms with Crippen molar-refractivity contribution >= 4 is 5.91 Å². The Morgan fingerprint density at radius 1 is 0.967 bits per heavy atom. The Morgan fingerprint density at radius 2 is 1.57 bits per heavy atom. The van der Waals surface area contributed by atoms with E-state index in [0.717, 1.165) is 30.6 Å². The van der Waals surface area contributed by atoms with E-state index in [9.17, 15) is 4.79 Å². The smallest absolute Gasteiger partial charge is 0.260 e. The number of ether oxygens (including phenoxy) is 1. The van der Waals surface area contributed by atoms with Crippen LogP contribution in [0.1, 0.15) is 41.8 Å². The second-order valence-corrected chi connectivity index (χ2v) is 8.46. The first-order valence-electron chi connectivity index (χ1n) is 10.7. The quantitative estimate of drug-likeness (QED) is 0.603. The van der Waals surface area contributed by atoms with Crippen molar-refractivity contribution in [2.45, 2.75) is 33.4 Å². The van der Waals surface area contributed by atoms with Crippen molar-refractivity contribution in [3.8, 4) is 5.88 Å². The highest BCUT2D eigenvalue weighted by atomic mass is 16.5. The number of aromatic nitrogens is 2. The predicted octanol–water partition coefficient (Wildman–Crippen LogP) is 4.63. The van der Waals surface area contributed by atoms with Gasteiger partial charge in [0.15, 0.2) is 0 Å². The minimum atomic E-state index is 0.00998. The minimum Gasteiger partial charge on any atom is -0.471 e.